The molecule has 1 nitrogen and oxygen atoms in total. The van der Waals surface area contributed by atoms with Crippen molar-refractivity contribution in [2.75, 3.05) is 0 Å². The van der Waals surface area contributed by atoms with E-state index in [9.17, 15) is 13.2 Å². The second-order valence-electron chi connectivity index (χ2n) is 3.03. The fourth-order valence-corrected chi connectivity index (χ4v) is 1.78. The molecule has 0 aromatic carbocycles. The molecule has 5 heteroatoms. The predicted molar refractivity (Wildman–Crippen MR) is 45.8 cm³/mol. The maximum atomic E-state index is 12.1. The Morgan fingerprint density at radius 3 is 2.54 bits per heavy atom. The van der Waals surface area contributed by atoms with Gasteiger partial charge in [0.15, 0.2) is 0 Å². The van der Waals surface area contributed by atoms with Gasteiger partial charge in [-0.1, -0.05) is 6.92 Å². The molecule has 0 saturated heterocycles. The van der Waals surface area contributed by atoms with Crippen molar-refractivity contribution in [2.45, 2.75) is 26.4 Å². The van der Waals surface area contributed by atoms with Crippen LogP contribution in [0.1, 0.15) is 17.6 Å². The molecule has 0 aliphatic rings. The van der Waals surface area contributed by atoms with Crippen molar-refractivity contribution in [3.05, 3.63) is 16.1 Å². The van der Waals surface area contributed by atoms with Crippen molar-refractivity contribution in [1.29, 1.82) is 0 Å². The minimum absolute atomic E-state index is 0.0119. The van der Waals surface area contributed by atoms with Crippen molar-refractivity contribution < 1.29 is 13.2 Å². The maximum absolute atomic E-state index is 12.1. The molecular weight excluding hydrogens is 199 g/mol. The number of rotatable bonds is 2. The second kappa shape index (κ2) is 3.65. The van der Waals surface area contributed by atoms with Gasteiger partial charge < -0.3 is 0 Å². The summed E-state index contributed by atoms with van der Waals surface area (Å²) in [5.74, 6) is -1.31. The first-order valence-corrected chi connectivity index (χ1v) is 4.75. The molecule has 13 heavy (non-hydrogen) atoms. The number of halogens is 3. The van der Waals surface area contributed by atoms with E-state index in [1.54, 1.807) is 12.3 Å². The molecule has 0 saturated carbocycles. The Morgan fingerprint density at radius 2 is 2.15 bits per heavy atom. The number of hydrogen-bond donors (Lipinski definition) is 0. The zero-order chi connectivity index (χ0) is 10.1. The van der Waals surface area contributed by atoms with Gasteiger partial charge in [0.05, 0.1) is 10.9 Å². The first-order chi connectivity index (χ1) is 5.89. The first-order valence-electron chi connectivity index (χ1n) is 3.87. The van der Waals surface area contributed by atoms with Gasteiger partial charge in [-0.05, 0) is 6.92 Å². The highest BCUT2D eigenvalue weighted by Gasteiger charge is 2.36. The van der Waals surface area contributed by atoms with E-state index in [1.807, 2.05) is 0 Å². The summed E-state index contributed by atoms with van der Waals surface area (Å²) in [7, 11) is 0. The van der Waals surface area contributed by atoms with E-state index < -0.39 is 12.1 Å². The number of alkyl halides is 3. The molecule has 0 fully saturated rings. The van der Waals surface area contributed by atoms with E-state index in [1.165, 1.54) is 18.3 Å². The van der Waals surface area contributed by atoms with Crippen LogP contribution in [0.4, 0.5) is 13.2 Å². The number of aryl methyl sites for hydroxylation is 1. The molecule has 74 valence electrons. The van der Waals surface area contributed by atoms with Crippen LogP contribution in [0, 0.1) is 12.8 Å². The zero-order valence-corrected chi connectivity index (χ0v) is 8.17. The molecular formula is C8H10F3NS. The fraction of sp³-hybridized carbons (Fsp3) is 0.625. The second-order valence-corrected chi connectivity index (χ2v) is 3.97. The molecule has 0 spiro atoms. The molecule has 1 rings (SSSR count). The Morgan fingerprint density at radius 1 is 1.54 bits per heavy atom. The predicted octanol–water partition coefficient (Wildman–Crippen LogP) is 3.19. The summed E-state index contributed by atoms with van der Waals surface area (Å²) in [6.45, 7) is 2.95. The number of nitrogens with zero attached hydrogens (tertiary/aromatic N) is 1. The molecule has 0 aliphatic carbocycles. The number of aromatic nitrogens is 1. The van der Waals surface area contributed by atoms with Crippen molar-refractivity contribution in [3.63, 3.8) is 0 Å². The summed E-state index contributed by atoms with van der Waals surface area (Å²) in [6, 6.07) is 0. The van der Waals surface area contributed by atoms with Crippen LogP contribution in [0.3, 0.4) is 0 Å². The smallest absolute Gasteiger partial charge is 0.247 e. The Hall–Kier alpha value is -0.580. The lowest BCUT2D eigenvalue weighted by molar-refractivity contribution is -0.169. The SMILES string of the molecule is Cc1csc(CC(C)C(F)(F)F)n1. The molecule has 1 aromatic heterocycles. The van der Waals surface area contributed by atoms with E-state index in [0.29, 0.717) is 5.01 Å². The van der Waals surface area contributed by atoms with Gasteiger partial charge in [0.2, 0.25) is 0 Å². The summed E-state index contributed by atoms with van der Waals surface area (Å²) >= 11 is 1.28. The van der Waals surface area contributed by atoms with Crippen molar-refractivity contribution in [2.24, 2.45) is 5.92 Å². The minimum Gasteiger partial charge on any atom is -0.247 e. The van der Waals surface area contributed by atoms with Gasteiger partial charge in [-0.25, -0.2) is 4.98 Å². The summed E-state index contributed by atoms with van der Waals surface area (Å²) in [4.78, 5) is 3.98. The van der Waals surface area contributed by atoms with Crippen LogP contribution >= 0.6 is 11.3 Å². The van der Waals surface area contributed by atoms with E-state index in [0.717, 1.165) is 5.69 Å². The third-order valence-electron chi connectivity index (χ3n) is 1.71. The normalized spacial score (nSPS) is 14.5. The van der Waals surface area contributed by atoms with Crippen LogP contribution in [-0.4, -0.2) is 11.2 Å². The number of hydrogen-bond acceptors (Lipinski definition) is 2. The van der Waals surface area contributed by atoms with Gasteiger partial charge in [0.25, 0.3) is 0 Å². The quantitative estimate of drug-likeness (QED) is 0.729. The van der Waals surface area contributed by atoms with Gasteiger partial charge in [-0.15, -0.1) is 11.3 Å². The number of thiazole rings is 1. The molecule has 0 radical (unpaired) electrons. The largest absolute Gasteiger partial charge is 0.391 e. The summed E-state index contributed by atoms with van der Waals surface area (Å²) < 4.78 is 36.4. The summed E-state index contributed by atoms with van der Waals surface area (Å²) in [5, 5.41) is 2.32. The average Bonchev–Trinajstić information content (AvgIpc) is 2.33. The van der Waals surface area contributed by atoms with Crippen LogP contribution in [-0.2, 0) is 6.42 Å². The highest BCUT2D eigenvalue weighted by Crippen LogP contribution is 2.29. The molecule has 0 amide bonds. The van der Waals surface area contributed by atoms with Crippen LogP contribution < -0.4 is 0 Å². The third-order valence-corrected chi connectivity index (χ3v) is 2.70. The Labute approximate surface area is 78.6 Å². The van der Waals surface area contributed by atoms with Gasteiger partial charge in [-0.2, -0.15) is 13.2 Å². The highest BCUT2D eigenvalue weighted by atomic mass is 32.1. The minimum atomic E-state index is -4.11. The van der Waals surface area contributed by atoms with E-state index in [4.69, 9.17) is 0 Å². The lowest BCUT2D eigenvalue weighted by Gasteiger charge is -2.13. The third kappa shape index (κ3) is 2.99. The van der Waals surface area contributed by atoms with E-state index in [-0.39, 0.29) is 6.42 Å². The Balaban J connectivity index is 2.60. The van der Waals surface area contributed by atoms with Crippen LogP contribution in [0.15, 0.2) is 5.38 Å². The molecule has 0 aliphatic heterocycles. The van der Waals surface area contributed by atoms with E-state index >= 15 is 0 Å². The topological polar surface area (TPSA) is 12.9 Å². The molecule has 1 atom stereocenters. The zero-order valence-electron chi connectivity index (χ0n) is 7.35. The molecule has 1 heterocycles. The van der Waals surface area contributed by atoms with E-state index in [2.05, 4.69) is 4.98 Å². The van der Waals surface area contributed by atoms with Crippen molar-refractivity contribution in [3.8, 4) is 0 Å². The van der Waals surface area contributed by atoms with Gasteiger partial charge >= 0.3 is 6.18 Å². The lowest BCUT2D eigenvalue weighted by Crippen LogP contribution is -2.21. The summed E-state index contributed by atoms with van der Waals surface area (Å²) in [5.41, 5.74) is 0.786. The van der Waals surface area contributed by atoms with Gasteiger partial charge in [-0.3, -0.25) is 0 Å². The molecule has 1 unspecified atom stereocenters. The van der Waals surface area contributed by atoms with Gasteiger partial charge in [0.1, 0.15) is 0 Å². The first kappa shape index (κ1) is 10.5. The van der Waals surface area contributed by atoms with Crippen LogP contribution in [0.5, 0.6) is 0 Å². The summed E-state index contributed by atoms with van der Waals surface area (Å²) in [6.07, 6.45) is -4.12. The van der Waals surface area contributed by atoms with Crippen molar-refractivity contribution in [1.82, 2.24) is 4.98 Å². The fourth-order valence-electron chi connectivity index (χ4n) is 0.874. The molecule has 1 aromatic rings. The van der Waals surface area contributed by atoms with Crippen LogP contribution in [0.2, 0.25) is 0 Å². The standard InChI is InChI=1S/C8H10F3NS/c1-5(8(9,10)11)3-7-12-6(2)4-13-7/h4-5H,3H2,1-2H3. The average molecular weight is 209 g/mol. The lowest BCUT2D eigenvalue weighted by atomic mass is 10.1. The monoisotopic (exact) mass is 209 g/mol. The maximum Gasteiger partial charge on any atom is 0.391 e. The highest BCUT2D eigenvalue weighted by molar-refractivity contribution is 7.09. The van der Waals surface area contributed by atoms with Gasteiger partial charge in [0, 0.05) is 17.5 Å². The molecule has 0 N–H and O–H groups in total. The Bertz CT molecular complexity index is 279. The Kier molecular flexibility index (Phi) is 2.95. The molecule has 0 bridgehead atoms. The van der Waals surface area contributed by atoms with Crippen LogP contribution in [0.25, 0.3) is 0 Å². The van der Waals surface area contributed by atoms with Crippen molar-refractivity contribution >= 4 is 11.3 Å².